The van der Waals surface area contributed by atoms with Gasteiger partial charge in [0.1, 0.15) is 0 Å². The fraction of sp³-hybridized carbons (Fsp3) is 0.333. The van der Waals surface area contributed by atoms with Crippen LogP contribution in [0.1, 0.15) is 13.3 Å². The van der Waals surface area contributed by atoms with E-state index in [0.717, 1.165) is 6.42 Å². The van der Waals surface area contributed by atoms with Crippen molar-refractivity contribution in [3.05, 3.63) is 12.2 Å². The molecular formula is C6H10N2O3. The number of allylic oxidation sites excluding steroid dienone is 1. The van der Waals surface area contributed by atoms with Crippen LogP contribution < -0.4 is 11.2 Å². The average Bonchev–Trinajstić information content (AvgIpc) is 1.97. The highest BCUT2D eigenvalue weighted by atomic mass is 16.7. The molecule has 0 aliphatic heterocycles. The number of hydrogen-bond donors (Lipinski definition) is 2. The van der Waals surface area contributed by atoms with Gasteiger partial charge in [0.25, 0.3) is 5.91 Å². The average molecular weight is 158 g/mol. The van der Waals surface area contributed by atoms with Gasteiger partial charge in [-0.15, -0.1) is 0 Å². The van der Waals surface area contributed by atoms with Crippen LogP contribution in [-0.2, 0) is 9.63 Å². The number of hydrogen-bond acceptors (Lipinski definition) is 3. The van der Waals surface area contributed by atoms with Crippen LogP contribution in [0.2, 0.25) is 0 Å². The first kappa shape index (κ1) is 9.48. The molecular weight excluding hydrogens is 148 g/mol. The molecule has 5 heteroatoms. The van der Waals surface area contributed by atoms with E-state index >= 15 is 0 Å². The third-order valence-corrected chi connectivity index (χ3v) is 0.757. The summed E-state index contributed by atoms with van der Waals surface area (Å²) in [5.74, 6) is -0.509. The molecule has 0 aliphatic rings. The molecule has 0 saturated heterocycles. The van der Waals surface area contributed by atoms with Gasteiger partial charge in [-0.05, 0) is 6.42 Å². The van der Waals surface area contributed by atoms with Crippen LogP contribution in [0.5, 0.6) is 0 Å². The molecule has 0 aromatic heterocycles. The summed E-state index contributed by atoms with van der Waals surface area (Å²) in [7, 11) is 0. The number of nitrogens with one attached hydrogen (secondary N) is 1. The zero-order valence-electron chi connectivity index (χ0n) is 6.16. The Morgan fingerprint density at radius 3 is 2.73 bits per heavy atom. The first-order valence-electron chi connectivity index (χ1n) is 3.09. The Morgan fingerprint density at radius 2 is 2.27 bits per heavy atom. The van der Waals surface area contributed by atoms with Crippen LogP contribution in [0.15, 0.2) is 12.2 Å². The number of nitrogens with two attached hydrogens (primary N) is 1. The van der Waals surface area contributed by atoms with Crippen molar-refractivity contribution in [1.29, 1.82) is 0 Å². The molecule has 0 aliphatic carbocycles. The van der Waals surface area contributed by atoms with Crippen LogP contribution >= 0.6 is 0 Å². The Hall–Kier alpha value is -1.52. The van der Waals surface area contributed by atoms with E-state index in [1.165, 1.54) is 6.08 Å². The van der Waals surface area contributed by atoms with Gasteiger partial charge in [-0.3, -0.25) is 4.79 Å². The molecule has 3 N–H and O–H groups in total. The quantitative estimate of drug-likeness (QED) is 0.441. The minimum Gasteiger partial charge on any atom is -0.333 e. The van der Waals surface area contributed by atoms with Crippen molar-refractivity contribution in [2.24, 2.45) is 5.73 Å². The first-order chi connectivity index (χ1) is 5.16. The maximum absolute atomic E-state index is 10.6. The zero-order valence-corrected chi connectivity index (χ0v) is 6.16. The molecule has 0 spiro atoms. The fourth-order valence-corrected chi connectivity index (χ4v) is 0.360. The van der Waals surface area contributed by atoms with E-state index in [1.54, 1.807) is 6.08 Å². The molecule has 0 atom stereocenters. The van der Waals surface area contributed by atoms with Crippen LogP contribution in [-0.4, -0.2) is 12.0 Å². The van der Waals surface area contributed by atoms with Crippen molar-refractivity contribution < 1.29 is 14.4 Å². The lowest BCUT2D eigenvalue weighted by Gasteiger charge is -1.97. The lowest BCUT2D eigenvalue weighted by molar-refractivity contribution is -0.124. The maximum Gasteiger partial charge on any atom is 0.428 e. The van der Waals surface area contributed by atoms with Gasteiger partial charge in [-0.1, -0.05) is 13.0 Å². The lowest BCUT2D eigenvalue weighted by atomic mass is 10.4. The monoisotopic (exact) mass is 158 g/mol. The maximum atomic E-state index is 10.6. The van der Waals surface area contributed by atoms with Gasteiger partial charge in [0.2, 0.25) is 0 Å². The van der Waals surface area contributed by atoms with E-state index in [1.807, 2.05) is 12.4 Å². The van der Waals surface area contributed by atoms with Crippen molar-refractivity contribution in [3.8, 4) is 0 Å². The highest BCUT2D eigenvalue weighted by molar-refractivity contribution is 5.87. The molecule has 0 aromatic rings. The number of rotatable bonds is 2. The normalized spacial score (nSPS) is 9.55. The summed E-state index contributed by atoms with van der Waals surface area (Å²) in [5.41, 5.74) is 6.39. The first-order valence-corrected chi connectivity index (χ1v) is 3.09. The molecule has 62 valence electrons. The fourth-order valence-electron chi connectivity index (χ4n) is 0.360. The van der Waals surface area contributed by atoms with Gasteiger partial charge >= 0.3 is 6.09 Å². The van der Waals surface area contributed by atoms with Gasteiger partial charge in [0, 0.05) is 6.08 Å². The van der Waals surface area contributed by atoms with Crippen LogP contribution in [0.4, 0.5) is 4.79 Å². The van der Waals surface area contributed by atoms with Crippen molar-refractivity contribution in [3.63, 3.8) is 0 Å². The molecule has 0 fully saturated rings. The van der Waals surface area contributed by atoms with Gasteiger partial charge in [0.15, 0.2) is 0 Å². The van der Waals surface area contributed by atoms with Crippen LogP contribution in [0.25, 0.3) is 0 Å². The summed E-state index contributed by atoms with van der Waals surface area (Å²) in [5, 5.41) is 0. The molecule has 0 rings (SSSR count). The molecule has 0 unspecified atom stereocenters. The number of hydroxylamine groups is 1. The lowest BCUT2D eigenvalue weighted by Crippen LogP contribution is -2.28. The summed E-state index contributed by atoms with van der Waals surface area (Å²) < 4.78 is 0. The van der Waals surface area contributed by atoms with E-state index in [2.05, 4.69) is 10.6 Å². The van der Waals surface area contributed by atoms with Gasteiger partial charge < -0.3 is 10.6 Å². The molecule has 0 radical (unpaired) electrons. The molecule has 5 nitrogen and oxygen atoms in total. The summed E-state index contributed by atoms with van der Waals surface area (Å²) in [6, 6.07) is 0. The molecule has 2 amide bonds. The highest BCUT2D eigenvalue weighted by Gasteiger charge is 1.96. The Kier molecular flexibility index (Phi) is 4.55. The van der Waals surface area contributed by atoms with Crippen molar-refractivity contribution in [1.82, 2.24) is 5.48 Å². The second-order valence-corrected chi connectivity index (χ2v) is 1.70. The Labute approximate surface area is 64.2 Å². The second-order valence-electron chi connectivity index (χ2n) is 1.70. The molecule has 11 heavy (non-hydrogen) atoms. The third-order valence-electron chi connectivity index (χ3n) is 0.757. The molecule has 0 saturated carbocycles. The Bertz CT molecular complexity index is 177. The second kappa shape index (κ2) is 5.28. The van der Waals surface area contributed by atoms with E-state index in [-0.39, 0.29) is 0 Å². The molecule has 0 aromatic carbocycles. The summed E-state index contributed by atoms with van der Waals surface area (Å²) in [6.07, 6.45) is 2.58. The van der Waals surface area contributed by atoms with Crippen molar-refractivity contribution in [2.45, 2.75) is 13.3 Å². The number of carbonyl (C=O) groups excluding carboxylic acids is 2. The standard InChI is InChI=1S/C6H10N2O3/c1-2-3-4-5(9)8-11-6(7)10/h3-4H,2H2,1H3,(H2,7,10)(H,8,9). The van der Waals surface area contributed by atoms with Gasteiger partial charge in [-0.2, -0.15) is 5.48 Å². The number of primary amides is 1. The number of carbonyl (C=O) groups is 2. The largest absolute Gasteiger partial charge is 0.428 e. The van der Waals surface area contributed by atoms with E-state index in [0.29, 0.717) is 0 Å². The minimum absolute atomic E-state index is 0.509. The topological polar surface area (TPSA) is 81.4 Å². The Morgan fingerprint density at radius 1 is 1.64 bits per heavy atom. The minimum atomic E-state index is -1.04. The smallest absolute Gasteiger partial charge is 0.333 e. The van der Waals surface area contributed by atoms with Gasteiger partial charge in [0.05, 0.1) is 0 Å². The Balaban J connectivity index is 3.53. The summed E-state index contributed by atoms with van der Waals surface area (Å²) in [6.45, 7) is 1.87. The zero-order chi connectivity index (χ0) is 8.69. The summed E-state index contributed by atoms with van der Waals surface area (Å²) in [4.78, 5) is 24.5. The number of amides is 2. The van der Waals surface area contributed by atoms with Crippen LogP contribution in [0.3, 0.4) is 0 Å². The third kappa shape index (κ3) is 6.36. The van der Waals surface area contributed by atoms with Gasteiger partial charge in [-0.25, -0.2) is 4.79 Å². The molecule has 0 heterocycles. The predicted molar refractivity (Wildman–Crippen MR) is 38.2 cm³/mol. The molecule has 0 bridgehead atoms. The van der Waals surface area contributed by atoms with Crippen LogP contribution in [0, 0.1) is 0 Å². The predicted octanol–water partition coefficient (Wildman–Crippen LogP) is 0.0791. The van der Waals surface area contributed by atoms with E-state index in [9.17, 15) is 9.59 Å². The van der Waals surface area contributed by atoms with Crippen molar-refractivity contribution in [2.75, 3.05) is 0 Å². The summed E-state index contributed by atoms with van der Waals surface area (Å²) >= 11 is 0. The van der Waals surface area contributed by atoms with Crippen molar-refractivity contribution >= 4 is 12.0 Å². The highest BCUT2D eigenvalue weighted by Crippen LogP contribution is 1.79. The SMILES string of the molecule is CCC=CC(=O)NOC(N)=O. The van der Waals surface area contributed by atoms with E-state index in [4.69, 9.17) is 0 Å². The van der Waals surface area contributed by atoms with E-state index < -0.39 is 12.0 Å².